The SMILES string of the molecule is C[C@@H](NC(=O)COC(=O)c1cnccn1)c1cccc(Cl)c1. The number of nitrogens with one attached hydrogen (secondary N) is 1. The largest absolute Gasteiger partial charge is 0.451 e. The van der Waals surface area contributed by atoms with Gasteiger partial charge in [-0.25, -0.2) is 9.78 Å². The predicted octanol–water partition coefficient (Wildman–Crippen LogP) is 2.16. The molecule has 1 aromatic carbocycles. The van der Waals surface area contributed by atoms with Gasteiger partial charge in [0.25, 0.3) is 5.91 Å². The lowest BCUT2D eigenvalue weighted by Crippen LogP contribution is -2.31. The van der Waals surface area contributed by atoms with Crippen molar-refractivity contribution >= 4 is 23.5 Å². The summed E-state index contributed by atoms with van der Waals surface area (Å²) < 4.78 is 4.87. The molecule has 0 aliphatic rings. The Morgan fingerprint density at radius 3 is 2.86 bits per heavy atom. The molecule has 0 fully saturated rings. The lowest BCUT2D eigenvalue weighted by molar-refractivity contribution is -0.124. The number of carbonyl (C=O) groups excluding carboxylic acids is 2. The van der Waals surface area contributed by atoms with Crippen molar-refractivity contribution in [1.29, 1.82) is 0 Å². The van der Waals surface area contributed by atoms with Crippen molar-refractivity contribution in [1.82, 2.24) is 15.3 Å². The van der Waals surface area contributed by atoms with Crippen LogP contribution in [0, 0.1) is 0 Å². The van der Waals surface area contributed by atoms with Crippen molar-refractivity contribution in [3.05, 3.63) is 59.1 Å². The molecule has 0 radical (unpaired) electrons. The molecule has 0 saturated carbocycles. The Morgan fingerprint density at radius 1 is 1.36 bits per heavy atom. The minimum Gasteiger partial charge on any atom is -0.451 e. The number of halogens is 1. The van der Waals surface area contributed by atoms with Gasteiger partial charge in [-0.3, -0.25) is 9.78 Å². The lowest BCUT2D eigenvalue weighted by Gasteiger charge is -2.14. The summed E-state index contributed by atoms with van der Waals surface area (Å²) in [4.78, 5) is 31.0. The van der Waals surface area contributed by atoms with Gasteiger partial charge in [-0.15, -0.1) is 0 Å². The van der Waals surface area contributed by atoms with Crippen molar-refractivity contribution in [3.63, 3.8) is 0 Å². The van der Waals surface area contributed by atoms with Gasteiger partial charge in [0, 0.05) is 17.4 Å². The number of rotatable bonds is 5. The van der Waals surface area contributed by atoms with Crippen molar-refractivity contribution in [2.45, 2.75) is 13.0 Å². The molecule has 1 atom stereocenters. The molecule has 2 aromatic rings. The first-order chi connectivity index (χ1) is 10.6. The monoisotopic (exact) mass is 319 g/mol. The fourth-order valence-electron chi connectivity index (χ4n) is 1.75. The summed E-state index contributed by atoms with van der Waals surface area (Å²) in [7, 11) is 0. The molecule has 0 unspecified atom stereocenters. The van der Waals surface area contributed by atoms with Crippen molar-refractivity contribution in [2.75, 3.05) is 6.61 Å². The predicted molar refractivity (Wildman–Crippen MR) is 80.3 cm³/mol. The third kappa shape index (κ3) is 4.53. The number of benzene rings is 1. The van der Waals surface area contributed by atoms with Gasteiger partial charge in [-0.1, -0.05) is 23.7 Å². The Labute approximate surface area is 132 Å². The Balaban J connectivity index is 1.84. The van der Waals surface area contributed by atoms with Crippen LogP contribution in [0.4, 0.5) is 0 Å². The van der Waals surface area contributed by atoms with Crippen LogP contribution in [0.25, 0.3) is 0 Å². The fourth-order valence-corrected chi connectivity index (χ4v) is 1.95. The smallest absolute Gasteiger partial charge is 0.359 e. The fraction of sp³-hybridized carbons (Fsp3) is 0.200. The zero-order valence-electron chi connectivity index (χ0n) is 11.8. The first kappa shape index (κ1) is 15.9. The number of esters is 1. The summed E-state index contributed by atoms with van der Waals surface area (Å²) in [6.07, 6.45) is 4.09. The van der Waals surface area contributed by atoms with E-state index in [-0.39, 0.29) is 18.3 Å². The molecule has 1 aromatic heterocycles. The number of aromatic nitrogens is 2. The average Bonchev–Trinajstić information content (AvgIpc) is 2.53. The maximum Gasteiger partial charge on any atom is 0.359 e. The van der Waals surface area contributed by atoms with E-state index in [1.165, 1.54) is 18.6 Å². The van der Waals surface area contributed by atoms with E-state index >= 15 is 0 Å². The third-order valence-electron chi connectivity index (χ3n) is 2.83. The van der Waals surface area contributed by atoms with Crippen LogP contribution in [0.1, 0.15) is 29.0 Å². The molecular formula is C15H14ClN3O3. The lowest BCUT2D eigenvalue weighted by atomic mass is 10.1. The summed E-state index contributed by atoms with van der Waals surface area (Å²) >= 11 is 5.90. The van der Waals surface area contributed by atoms with Crippen LogP contribution in [0.15, 0.2) is 42.9 Å². The summed E-state index contributed by atoms with van der Waals surface area (Å²) in [6.45, 7) is 1.42. The topological polar surface area (TPSA) is 81.2 Å². The second-order valence-corrected chi connectivity index (χ2v) is 4.95. The summed E-state index contributed by atoms with van der Waals surface area (Å²) in [5, 5.41) is 3.31. The molecule has 0 spiro atoms. The summed E-state index contributed by atoms with van der Waals surface area (Å²) in [6, 6.07) is 6.92. The van der Waals surface area contributed by atoms with E-state index in [1.807, 2.05) is 13.0 Å². The molecule has 7 heteroatoms. The van der Waals surface area contributed by atoms with Gasteiger partial charge in [-0.05, 0) is 24.6 Å². The van der Waals surface area contributed by atoms with Crippen LogP contribution in [0.5, 0.6) is 0 Å². The molecule has 6 nitrogen and oxygen atoms in total. The third-order valence-corrected chi connectivity index (χ3v) is 3.07. The normalized spacial score (nSPS) is 11.5. The highest BCUT2D eigenvalue weighted by atomic mass is 35.5. The first-order valence-corrected chi connectivity index (χ1v) is 6.92. The number of nitrogens with zero attached hydrogens (tertiary/aromatic N) is 2. The van der Waals surface area contributed by atoms with Gasteiger partial charge >= 0.3 is 5.97 Å². The van der Waals surface area contributed by atoms with E-state index in [1.54, 1.807) is 18.2 Å². The van der Waals surface area contributed by atoms with E-state index in [0.29, 0.717) is 5.02 Å². The van der Waals surface area contributed by atoms with Crippen LogP contribution >= 0.6 is 11.6 Å². The maximum absolute atomic E-state index is 11.8. The molecule has 0 bridgehead atoms. The second-order valence-electron chi connectivity index (χ2n) is 4.51. The Morgan fingerprint density at radius 2 is 2.18 bits per heavy atom. The van der Waals surface area contributed by atoms with E-state index in [9.17, 15) is 9.59 Å². The van der Waals surface area contributed by atoms with Gasteiger partial charge in [0.2, 0.25) is 0 Å². The molecule has 0 aliphatic carbocycles. The van der Waals surface area contributed by atoms with Crippen LogP contribution in [0.3, 0.4) is 0 Å². The zero-order valence-corrected chi connectivity index (χ0v) is 12.6. The van der Waals surface area contributed by atoms with Crippen LogP contribution in [-0.4, -0.2) is 28.5 Å². The number of amides is 1. The van der Waals surface area contributed by atoms with Gasteiger partial charge in [0.15, 0.2) is 12.3 Å². The Hall–Kier alpha value is -2.47. The number of carbonyl (C=O) groups is 2. The molecule has 114 valence electrons. The summed E-state index contributed by atoms with van der Waals surface area (Å²) in [5.41, 5.74) is 0.916. The van der Waals surface area contributed by atoms with Crippen LogP contribution in [0.2, 0.25) is 5.02 Å². The standard InChI is InChI=1S/C15H14ClN3O3/c1-10(11-3-2-4-12(16)7-11)19-14(20)9-22-15(21)13-8-17-5-6-18-13/h2-8,10H,9H2,1H3,(H,19,20)/t10-/m1/s1. The second kappa shape index (κ2) is 7.51. The molecule has 0 aliphatic heterocycles. The number of ether oxygens (including phenoxy) is 1. The molecule has 1 N–H and O–H groups in total. The zero-order chi connectivity index (χ0) is 15.9. The molecule has 0 saturated heterocycles. The number of hydrogen-bond acceptors (Lipinski definition) is 5. The number of hydrogen-bond donors (Lipinski definition) is 1. The van der Waals surface area contributed by atoms with E-state index in [4.69, 9.17) is 16.3 Å². The van der Waals surface area contributed by atoms with Gasteiger partial charge in [0.05, 0.1) is 12.2 Å². The highest BCUT2D eigenvalue weighted by Crippen LogP contribution is 2.17. The van der Waals surface area contributed by atoms with Gasteiger partial charge in [0.1, 0.15) is 0 Å². The van der Waals surface area contributed by atoms with E-state index in [0.717, 1.165) is 5.56 Å². The van der Waals surface area contributed by atoms with Crippen molar-refractivity contribution in [3.8, 4) is 0 Å². The van der Waals surface area contributed by atoms with Crippen molar-refractivity contribution < 1.29 is 14.3 Å². The minimum atomic E-state index is -0.696. The quantitative estimate of drug-likeness (QED) is 0.854. The van der Waals surface area contributed by atoms with Crippen LogP contribution in [-0.2, 0) is 9.53 Å². The maximum atomic E-state index is 11.8. The van der Waals surface area contributed by atoms with E-state index in [2.05, 4.69) is 15.3 Å². The van der Waals surface area contributed by atoms with E-state index < -0.39 is 11.9 Å². The molecule has 1 heterocycles. The Bertz CT molecular complexity index is 664. The molecular weight excluding hydrogens is 306 g/mol. The minimum absolute atomic E-state index is 0.0539. The summed E-state index contributed by atoms with van der Waals surface area (Å²) in [5.74, 6) is -1.11. The average molecular weight is 320 g/mol. The van der Waals surface area contributed by atoms with Crippen LogP contribution < -0.4 is 5.32 Å². The highest BCUT2D eigenvalue weighted by Gasteiger charge is 2.14. The molecule has 2 rings (SSSR count). The Kier molecular flexibility index (Phi) is 5.43. The van der Waals surface area contributed by atoms with Gasteiger partial charge in [-0.2, -0.15) is 0 Å². The highest BCUT2D eigenvalue weighted by molar-refractivity contribution is 6.30. The van der Waals surface area contributed by atoms with Gasteiger partial charge < -0.3 is 10.1 Å². The molecule has 1 amide bonds. The first-order valence-electron chi connectivity index (χ1n) is 6.54. The van der Waals surface area contributed by atoms with Crippen molar-refractivity contribution in [2.24, 2.45) is 0 Å². The molecule has 22 heavy (non-hydrogen) atoms.